The summed E-state index contributed by atoms with van der Waals surface area (Å²) >= 11 is 1.38. The number of benzene rings is 2. The zero-order valence-corrected chi connectivity index (χ0v) is 19.8. The van der Waals surface area contributed by atoms with Gasteiger partial charge in [0.05, 0.1) is 5.75 Å². The molecule has 1 aliphatic carbocycles. The monoisotopic (exact) mass is 456 g/mol. The van der Waals surface area contributed by atoms with Crippen molar-refractivity contribution in [3.8, 4) is 0 Å². The first-order chi connectivity index (χ1) is 15.5. The molecular weight excluding hydrogens is 423 g/mol. The second-order valence-electron chi connectivity index (χ2n) is 8.45. The molecule has 1 fully saturated rings. The first kappa shape index (κ1) is 24.3. The third-order valence-corrected chi connectivity index (χ3v) is 7.10. The van der Waals surface area contributed by atoms with Gasteiger partial charge in [-0.25, -0.2) is 4.39 Å². The van der Waals surface area contributed by atoms with Gasteiger partial charge in [-0.1, -0.05) is 62.2 Å². The maximum absolute atomic E-state index is 13.9. The first-order valence-electron chi connectivity index (χ1n) is 11.4. The maximum atomic E-state index is 13.9. The Labute approximate surface area is 195 Å². The van der Waals surface area contributed by atoms with Crippen molar-refractivity contribution < 1.29 is 14.0 Å². The second kappa shape index (κ2) is 12.0. The van der Waals surface area contributed by atoms with Crippen molar-refractivity contribution in [2.75, 3.05) is 5.75 Å². The van der Waals surface area contributed by atoms with Crippen molar-refractivity contribution in [2.24, 2.45) is 0 Å². The topological polar surface area (TPSA) is 49.4 Å². The summed E-state index contributed by atoms with van der Waals surface area (Å²) in [6.45, 7) is 4.36. The number of carbonyl (C=O) groups excluding carboxylic acids is 2. The Morgan fingerprint density at radius 1 is 1.09 bits per heavy atom. The fourth-order valence-corrected chi connectivity index (χ4v) is 5.10. The van der Waals surface area contributed by atoms with Gasteiger partial charge in [0.1, 0.15) is 11.9 Å². The highest BCUT2D eigenvalue weighted by atomic mass is 32.2. The van der Waals surface area contributed by atoms with Crippen LogP contribution in [-0.2, 0) is 21.9 Å². The molecule has 0 aromatic heterocycles. The minimum Gasteiger partial charge on any atom is -0.352 e. The molecule has 0 spiro atoms. The minimum absolute atomic E-state index is 0.0690. The van der Waals surface area contributed by atoms with Crippen LogP contribution in [0.3, 0.4) is 0 Å². The molecule has 1 saturated carbocycles. The van der Waals surface area contributed by atoms with Gasteiger partial charge in [-0.15, -0.1) is 11.8 Å². The summed E-state index contributed by atoms with van der Waals surface area (Å²) in [7, 11) is 0. The van der Waals surface area contributed by atoms with Gasteiger partial charge in [0.2, 0.25) is 11.8 Å². The molecule has 1 aliphatic rings. The lowest BCUT2D eigenvalue weighted by Crippen LogP contribution is -2.51. The normalized spacial score (nSPS) is 14.8. The summed E-state index contributed by atoms with van der Waals surface area (Å²) in [5.74, 6) is 0.199. The Morgan fingerprint density at radius 2 is 1.75 bits per heavy atom. The molecule has 0 heterocycles. The van der Waals surface area contributed by atoms with E-state index in [1.807, 2.05) is 38.1 Å². The molecule has 0 radical (unpaired) electrons. The zero-order valence-electron chi connectivity index (χ0n) is 19.0. The van der Waals surface area contributed by atoms with Gasteiger partial charge in [-0.2, -0.15) is 0 Å². The molecule has 0 aliphatic heterocycles. The standard InChI is InChI=1S/C26H33FN2O2S/c1-3-24(26(31)28-22-13-7-8-14-22)29(16-20-11-5-4-10-19(20)2)25(30)18-32-17-21-12-6-9-15-23(21)27/h4-6,9-12,15,22,24H,3,7-8,13-14,16-18H2,1-2H3,(H,28,31). The molecular formula is C26H33FN2O2S. The highest BCUT2D eigenvalue weighted by molar-refractivity contribution is 7.99. The lowest BCUT2D eigenvalue weighted by Gasteiger charge is -2.32. The Bertz CT molecular complexity index is 914. The molecule has 2 aromatic carbocycles. The molecule has 32 heavy (non-hydrogen) atoms. The fourth-order valence-electron chi connectivity index (χ4n) is 4.20. The quantitative estimate of drug-likeness (QED) is 0.532. The summed E-state index contributed by atoms with van der Waals surface area (Å²) in [4.78, 5) is 28.1. The molecule has 2 aromatic rings. The van der Waals surface area contributed by atoms with Gasteiger partial charge in [0, 0.05) is 18.3 Å². The molecule has 4 nitrogen and oxygen atoms in total. The molecule has 1 unspecified atom stereocenters. The largest absolute Gasteiger partial charge is 0.352 e. The smallest absolute Gasteiger partial charge is 0.243 e. The highest BCUT2D eigenvalue weighted by Gasteiger charge is 2.30. The van der Waals surface area contributed by atoms with Crippen molar-refractivity contribution in [2.45, 2.75) is 70.3 Å². The SMILES string of the molecule is CCC(C(=O)NC1CCCC1)N(Cc1ccccc1C)C(=O)CSCc1ccccc1F. The van der Waals surface area contributed by atoms with Crippen molar-refractivity contribution >= 4 is 23.6 Å². The van der Waals surface area contributed by atoms with Gasteiger partial charge in [0.25, 0.3) is 0 Å². The average Bonchev–Trinajstić information content (AvgIpc) is 3.29. The Hall–Kier alpha value is -2.34. The van der Waals surface area contributed by atoms with Crippen LogP contribution < -0.4 is 5.32 Å². The van der Waals surface area contributed by atoms with Crippen LogP contribution in [0.25, 0.3) is 0 Å². The Morgan fingerprint density at radius 3 is 2.41 bits per heavy atom. The van der Waals surface area contributed by atoms with E-state index < -0.39 is 6.04 Å². The van der Waals surface area contributed by atoms with E-state index in [0.717, 1.165) is 36.8 Å². The van der Waals surface area contributed by atoms with Crippen molar-refractivity contribution in [3.05, 3.63) is 71.0 Å². The summed E-state index contributed by atoms with van der Waals surface area (Å²) in [5, 5.41) is 3.17. The zero-order chi connectivity index (χ0) is 22.9. The summed E-state index contributed by atoms with van der Waals surface area (Å²) < 4.78 is 13.9. The summed E-state index contributed by atoms with van der Waals surface area (Å²) in [5.41, 5.74) is 2.71. The van der Waals surface area contributed by atoms with Gasteiger partial charge in [-0.05, 0) is 48.9 Å². The summed E-state index contributed by atoms with van der Waals surface area (Å²) in [6, 6.07) is 14.3. The molecule has 0 bridgehead atoms. The number of halogens is 1. The summed E-state index contributed by atoms with van der Waals surface area (Å²) in [6.07, 6.45) is 4.84. The Balaban J connectivity index is 1.72. The van der Waals surface area contributed by atoms with Crippen molar-refractivity contribution in [3.63, 3.8) is 0 Å². The third kappa shape index (κ3) is 6.58. The van der Waals surface area contributed by atoms with Crippen LogP contribution in [0.2, 0.25) is 0 Å². The van der Waals surface area contributed by atoms with Crippen LogP contribution in [-0.4, -0.2) is 34.6 Å². The number of hydrogen-bond acceptors (Lipinski definition) is 3. The average molecular weight is 457 g/mol. The van der Waals surface area contributed by atoms with Gasteiger partial charge in [0.15, 0.2) is 0 Å². The van der Waals surface area contributed by atoms with Crippen LogP contribution in [0.4, 0.5) is 4.39 Å². The predicted octanol–water partition coefficient (Wildman–Crippen LogP) is 5.23. The third-order valence-electron chi connectivity index (χ3n) is 6.13. The fraction of sp³-hybridized carbons (Fsp3) is 0.462. The first-order valence-corrected chi connectivity index (χ1v) is 12.6. The van der Waals surface area contributed by atoms with Crippen molar-refractivity contribution in [1.82, 2.24) is 10.2 Å². The molecule has 6 heteroatoms. The Kier molecular flexibility index (Phi) is 9.15. The molecule has 172 valence electrons. The van der Waals surface area contributed by atoms with Crippen LogP contribution in [0.5, 0.6) is 0 Å². The number of nitrogens with zero attached hydrogens (tertiary/aromatic N) is 1. The van der Waals surface area contributed by atoms with Gasteiger partial charge < -0.3 is 10.2 Å². The molecule has 0 saturated heterocycles. The van der Waals surface area contributed by atoms with E-state index in [-0.39, 0.29) is 29.4 Å². The minimum atomic E-state index is -0.517. The van der Waals surface area contributed by atoms with Gasteiger partial charge in [-0.3, -0.25) is 9.59 Å². The van der Waals surface area contributed by atoms with Gasteiger partial charge >= 0.3 is 0 Å². The van der Waals surface area contributed by atoms with E-state index in [2.05, 4.69) is 5.32 Å². The number of carbonyl (C=O) groups is 2. The van der Waals surface area contributed by atoms with E-state index in [1.54, 1.807) is 23.1 Å². The molecule has 2 amide bonds. The van der Waals surface area contributed by atoms with E-state index in [9.17, 15) is 14.0 Å². The lowest BCUT2D eigenvalue weighted by atomic mass is 10.1. The number of hydrogen-bond donors (Lipinski definition) is 1. The number of rotatable bonds is 10. The van der Waals surface area contributed by atoms with E-state index in [0.29, 0.717) is 24.3 Å². The number of nitrogens with one attached hydrogen (secondary N) is 1. The van der Waals surface area contributed by atoms with Crippen LogP contribution in [0, 0.1) is 12.7 Å². The van der Waals surface area contributed by atoms with E-state index in [4.69, 9.17) is 0 Å². The highest BCUT2D eigenvalue weighted by Crippen LogP contribution is 2.21. The number of amides is 2. The van der Waals surface area contributed by atoms with Crippen molar-refractivity contribution in [1.29, 1.82) is 0 Å². The maximum Gasteiger partial charge on any atom is 0.243 e. The van der Waals surface area contributed by atoms with Crippen LogP contribution in [0.15, 0.2) is 48.5 Å². The second-order valence-corrected chi connectivity index (χ2v) is 9.43. The molecule has 1 N–H and O–H groups in total. The number of aryl methyl sites for hydroxylation is 1. The number of thioether (sulfide) groups is 1. The molecule has 3 rings (SSSR count). The molecule has 1 atom stereocenters. The van der Waals surface area contributed by atoms with E-state index in [1.165, 1.54) is 17.8 Å². The predicted molar refractivity (Wildman–Crippen MR) is 129 cm³/mol. The van der Waals surface area contributed by atoms with Crippen LogP contribution >= 0.6 is 11.8 Å². The van der Waals surface area contributed by atoms with Crippen LogP contribution in [0.1, 0.15) is 55.7 Å². The van der Waals surface area contributed by atoms with E-state index >= 15 is 0 Å². The lowest BCUT2D eigenvalue weighted by molar-refractivity contribution is -0.139.